The number of carbonyl (C=O) groups is 1. The van der Waals surface area contributed by atoms with Crippen LogP contribution in [0.4, 0.5) is 17.6 Å². The van der Waals surface area contributed by atoms with E-state index in [0.717, 1.165) is 19.4 Å². The van der Waals surface area contributed by atoms with Gasteiger partial charge in [0.15, 0.2) is 0 Å². The van der Waals surface area contributed by atoms with Crippen molar-refractivity contribution in [2.45, 2.75) is 25.4 Å². The SMILES string of the molecule is O=C1NCCC1CCNCCOc1ccc(/C(=C(/CC(F)(F)F)c2ccccc2)c2ccc3[nH]cc(F)c3c2)cn1. The van der Waals surface area contributed by atoms with Gasteiger partial charge in [0.2, 0.25) is 11.8 Å². The van der Waals surface area contributed by atoms with E-state index < -0.39 is 18.4 Å². The van der Waals surface area contributed by atoms with Crippen molar-refractivity contribution in [3.05, 3.63) is 95.6 Å². The van der Waals surface area contributed by atoms with E-state index in [1.807, 2.05) is 0 Å². The highest BCUT2D eigenvalue weighted by Gasteiger charge is 2.32. The van der Waals surface area contributed by atoms with E-state index in [1.54, 1.807) is 60.7 Å². The molecule has 0 bridgehead atoms. The molecule has 6 nitrogen and oxygen atoms in total. The lowest BCUT2D eigenvalue weighted by molar-refractivity contribution is -0.123. The Morgan fingerprint density at radius 1 is 1.02 bits per heavy atom. The molecule has 1 aliphatic heterocycles. The number of fused-ring (bicyclic) bond motifs is 1. The largest absolute Gasteiger partial charge is 0.476 e. The van der Waals surface area contributed by atoms with E-state index in [1.165, 1.54) is 12.4 Å². The predicted molar refractivity (Wildman–Crippen MR) is 150 cm³/mol. The van der Waals surface area contributed by atoms with Gasteiger partial charge in [-0.2, -0.15) is 13.2 Å². The Bertz CT molecular complexity index is 1510. The summed E-state index contributed by atoms with van der Waals surface area (Å²) < 4.78 is 61.8. The van der Waals surface area contributed by atoms with Gasteiger partial charge in [-0.25, -0.2) is 9.37 Å². The Morgan fingerprint density at radius 3 is 2.54 bits per heavy atom. The molecule has 1 amide bonds. The van der Waals surface area contributed by atoms with Crippen LogP contribution < -0.4 is 15.4 Å². The molecule has 1 atom stereocenters. The third kappa shape index (κ3) is 7.13. The number of hydrogen-bond acceptors (Lipinski definition) is 4. The zero-order chi connectivity index (χ0) is 28.8. The summed E-state index contributed by atoms with van der Waals surface area (Å²) in [7, 11) is 0. The van der Waals surface area contributed by atoms with E-state index in [2.05, 4.69) is 20.6 Å². The van der Waals surface area contributed by atoms with Crippen LogP contribution in [0.5, 0.6) is 5.88 Å². The van der Waals surface area contributed by atoms with Crippen molar-refractivity contribution in [3.63, 3.8) is 0 Å². The van der Waals surface area contributed by atoms with Gasteiger partial charge in [0.1, 0.15) is 12.4 Å². The first-order valence-corrected chi connectivity index (χ1v) is 13.5. The number of hydrogen-bond donors (Lipinski definition) is 3. The molecule has 2 aromatic heterocycles. The number of rotatable bonds is 11. The first kappa shape index (κ1) is 28.4. The first-order valence-electron chi connectivity index (χ1n) is 13.5. The van der Waals surface area contributed by atoms with Crippen LogP contribution in [-0.4, -0.2) is 48.3 Å². The Kier molecular flexibility index (Phi) is 8.68. The Morgan fingerprint density at radius 2 is 1.83 bits per heavy atom. The van der Waals surface area contributed by atoms with Gasteiger partial charge in [-0.05, 0) is 59.9 Å². The summed E-state index contributed by atoms with van der Waals surface area (Å²) in [4.78, 5) is 18.8. The summed E-state index contributed by atoms with van der Waals surface area (Å²) >= 11 is 0. The first-order chi connectivity index (χ1) is 19.8. The molecule has 1 fully saturated rings. The van der Waals surface area contributed by atoms with Crippen LogP contribution in [0.3, 0.4) is 0 Å². The van der Waals surface area contributed by atoms with Crippen molar-refractivity contribution < 1.29 is 27.1 Å². The number of halogens is 4. The normalized spacial score (nSPS) is 16.1. The van der Waals surface area contributed by atoms with E-state index >= 15 is 0 Å². The second-order valence-corrected chi connectivity index (χ2v) is 9.96. The Hall–Kier alpha value is -4.18. The van der Waals surface area contributed by atoms with Crippen molar-refractivity contribution in [1.82, 2.24) is 20.6 Å². The van der Waals surface area contributed by atoms with Crippen molar-refractivity contribution in [1.29, 1.82) is 0 Å². The van der Waals surface area contributed by atoms with E-state index in [0.29, 0.717) is 53.4 Å². The van der Waals surface area contributed by atoms with E-state index in [4.69, 9.17) is 4.74 Å². The fourth-order valence-electron chi connectivity index (χ4n) is 5.09. The molecule has 0 radical (unpaired) electrons. The van der Waals surface area contributed by atoms with Crippen LogP contribution >= 0.6 is 0 Å². The van der Waals surface area contributed by atoms with Crippen molar-refractivity contribution in [2.75, 3.05) is 26.2 Å². The molecule has 0 spiro atoms. The monoisotopic (exact) mass is 566 g/mol. The summed E-state index contributed by atoms with van der Waals surface area (Å²) in [6.45, 7) is 2.30. The molecule has 5 rings (SSSR count). The lowest BCUT2D eigenvalue weighted by Gasteiger charge is -2.19. The van der Waals surface area contributed by atoms with Gasteiger partial charge in [0.25, 0.3) is 0 Å². The molecular weight excluding hydrogens is 536 g/mol. The minimum absolute atomic E-state index is 0.0486. The van der Waals surface area contributed by atoms with Gasteiger partial charge in [0.05, 0.1) is 6.42 Å². The lowest BCUT2D eigenvalue weighted by atomic mass is 9.88. The van der Waals surface area contributed by atoms with Crippen LogP contribution in [0.2, 0.25) is 0 Å². The van der Waals surface area contributed by atoms with Gasteiger partial charge in [-0.3, -0.25) is 4.79 Å². The molecule has 0 saturated carbocycles. The quantitative estimate of drug-likeness (QED) is 0.116. The number of ether oxygens (including phenoxy) is 1. The van der Waals surface area contributed by atoms with Crippen LogP contribution in [0.15, 0.2) is 73.1 Å². The van der Waals surface area contributed by atoms with Crippen molar-refractivity contribution in [3.8, 4) is 5.88 Å². The van der Waals surface area contributed by atoms with E-state index in [-0.39, 0.29) is 22.8 Å². The zero-order valence-electron chi connectivity index (χ0n) is 22.2. The van der Waals surface area contributed by atoms with Crippen LogP contribution in [0.25, 0.3) is 22.0 Å². The van der Waals surface area contributed by atoms with Gasteiger partial charge in [-0.15, -0.1) is 0 Å². The number of benzene rings is 2. The summed E-state index contributed by atoms with van der Waals surface area (Å²) in [5.41, 5.74) is 2.22. The molecular formula is C31H30F4N4O2. The minimum Gasteiger partial charge on any atom is -0.476 e. The lowest BCUT2D eigenvalue weighted by Crippen LogP contribution is -2.26. The topological polar surface area (TPSA) is 79.0 Å². The summed E-state index contributed by atoms with van der Waals surface area (Å²) in [5.74, 6) is -0.00780. The summed E-state index contributed by atoms with van der Waals surface area (Å²) in [6, 6.07) is 16.5. The van der Waals surface area contributed by atoms with Gasteiger partial charge in [0, 0.05) is 53.9 Å². The molecule has 4 aromatic rings. The van der Waals surface area contributed by atoms with Gasteiger partial charge >= 0.3 is 6.18 Å². The molecule has 3 N–H and O–H groups in total. The van der Waals surface area contributed by atoms with Crippen molar-refractivity contribution in [2.24, 2.45) is 5.92 Å². The Balaban J connectivity index is 1.39. The molecule has 214 valence electrons. The molecule has 2 aromatic carbocycles. The molecule has 0 aliphatic carbocycles. The number of nitrogens with zero attached hydrogens (tertiary/aromatic N) is 1. The number of aromatic nitrogens is 2. The minimum atomic E-state index is -4.48. The van der Waals surface area contributed by atoms with Gasteiger partial charge in [-0.1, -0.05) is 36.4 Å². The van der Waals surface area contributed by atoms with Crippen molar-refractivity contribution >= 4 is 28.0 Å². The highest BCUT2D eigenvalue weighted by atomic mass is 19.4. The molecule has 1 aliphatic rings. The fraction of sp³-hybridized carbons (Fsp3) is 0.290. The number of alkyl halides is 3. The molecule has 1 unspecified atom stereocenters. The third-order valence-corrected chi connectivity index (χ3v) is 7.11. The number of nitrogens with one attached hydrogen (secondary N) is 3. The number of amides is 1. The van der Waals surface area contributed by atoms with E-state index in [9.17, 15) is 22.4 Å². The number of aromatic amines is 1. The molecule has 3 heterocycles. The standard InChI is InChI=1S/C31H30F4N4O2/c32-26-19-38-27-8-6-22(16-24(26)27)29(25(17-31(33,34)35)20-4-2-1-3-5-20)23-7-9-28(39-18-23)41-15-14-36-12-10-21-11-13-37-30(21)40/h1-9,16,18-19,21,36,38H,10-15,17H2,(H,37,40)/b29-25-. The molecule has 10 heteroatoms. The predicted octanol–water partition coefficient (Wildman–Crippen LogP) is 6.11. The zero-order valence-corrected chi connectivity index (χ0v) is 22.2. The second kappa shape index (κ2) is 12.6. The smallest absolute Gasteiger partial charge is 0.393 e. The number of pyridine rings is 1. The van der Waals surface area contributed by atoms with Gasteiger partial charge < -0.3 is 20.4 Å². The van der Waals surface area contributed by atoms with Crippen LogP contribution in [0.1, 0.15) is 36.0 Å². The number of allylic oxidation sites excluding steroid dienone is 1. The summed E-state index contributed by atoms with van der Waals surface area (Å²) in [5, 5.41) is 6.36. The second-order valence-electron chi connectivity index (χ2n) is 9.96. The summed E-state index contributed by atoms with van der Waals surface area (Å²) in [6.07, 6.45) is -1.34. The third-order valence-electron chi connectivity index (χ3n) is 7.11. The average molecular weight is 567 g/mol. The van der Waals surface area contributed by atoms with Crippen LogP contribution in [-0.2, 0) is 4.79 Å². The number of H-pyrrole nitrogens is 1. The number of carbonyl (C=O) groups excluding carboxylic acids is 1. The highest BCUT2D eigenvalue weighted by molar-refractivity contribution is 6.00. The molecule has 41 heavy (non-hydrogen) atoms. The Labute approximate surface area is 234 Å². The van der Waals surface area contributed by atoms with Crippen LogP contribution in [0, 0.1) is 11.7 Å². The maximum absolute atomic E-state index is 14.5. The maximum Gasteiger partial charge on any atom is 0.393 e. The maximum atomic E-state index is 14.5. The molecule has 1 saturated heterocycles. The fourth-order valence-corrected chi connectivity index (χ4v) is 5.09. The highest BCUT2D eigenvalue weighted by Crippen LogP contribution is 2.40. The average Bonchev–Trinajstić information content (AvgIpc) is 3.55.